The van der Waals surface area contributed by atoms with Crippen LogP contribution < -0.4 is 5.43 Å². The minimum Gasteiger partial charge on any atom is -0.278 e. The Morgan fingerprint density at radius 1 is 1.00 bits per heavy atom. The Morgan fingerprint density at radius 3 is 2.57 bits per heavy atom. The molecule has 5 nitrogen and oxygen atoms in total. The van der Waals surface area contributed by atoms with E-state index in [9.17, 15) is 10.1 Å². The highest BCUT2D eigenvalue weighted by atomic mass is 16.6. The van der Waals surface area contributed by atoms with Gasteiger partial charge in [-0.1, -0.05) is 42.5 Å². The van der Waals surface area contributed by atoms with Gasteiger partial charge in [-0.15, -0.1) is 0 Å². The van der Waals surface area contributed by atoms with Crippen LogP contribution in [0.2, 0.25) is 0 Å². The molecule has 3 aromatic carbocycles. The fourth-order valence-corrected chi connectivity index (χ4v) is 2.32. The largest absolute Gasteiger partial charge is 0.278 e. The number of fused-ring (bicyclic) bond motifs is 1. The first-order valence-electron chi connectivity index (χ1n) is 7.17. The average Bonchev–Trinajstić information content (AvgIpc) is 2.59. The predicted octanol–water partition coefficient (Wildman–Crippen LogP) is 4.58. The summed E-state index contributed by atoms with van der Waals surface area (Å²) >= 11 is 0. The number of nitro groups is 1. The molecule has 5 heteroatoms. The van der Waals surface area contributed by atoms with E-state index in [0.29, 0.717) is 5.69 Å². The van der Waals surface area contributed by atoms with E-state index in [-0.39, 0.29) is 5.69 Å². The van der Waals surface area contributed by atoms with Gasteiger partial charge in [-0.05, 0) is 35.4 Å². The second-order valence-electron chi connectivity index (χ2n) is 5.18. The van der Waals surface area contributed by atoms with Crippen molar-refractivity contribution in [3.8, 4) is 0 Å². The molecular formula is C18H15N3O2. The number of nitrogens with one attached hydrogen (secondary N) is 1. The van der Waals surface area contributed by atoms with Crippen LogP contribution in [-0.4, -0.2) is 10.6 Å². The van der Waals surface area contributed by atoms with Crippen LogP contribution in [0.3, 0.4) is 0 Å². The van der Waals surface area contributed by atoms with Crippen molar-refractivity contribution in [2.45, 2.75) is 6.92 Å². The maximum absolute atomic E-state index is 10.8. The fraction of sp³-hybridized carbons (Fsp3) is 0.0556. The lowest BCUT2D eigenvalue weighted by Crippen LogP contribution is -2.00. The first kappa shape index (κ1) is 14.7. The van der Waals surface area contributed by atoms with Gasteiger partial charge in [0.15, 0.2) is 0 Å². The molecule has 0 aliphatic carbocycles. The zero-order valence-corrected chi connectivity index (χ0v) is 12.6. The smallest absolute Gasteiger partial charge is 0.271 e. The number of nitrogens with zero attached hydrogens (tertiary/aromatic N) is 2. The summed E-state index contributed by atoms with van der Waals surface area (Å²) in [6, 6.07) is 20.5. The Kier molecular flexibility index (Phi) is 4.01. The summed E-state index contributed by atoms with van der Waals surface area (Å²) in [6.45, 7) is 1.90. The SMILES string of the molecule is C/C(=N/Nc1cccc([N+](=O)[O-])c1)c1ccc2ccccc2c1. The van der Waals surface area contributed by atoms with Crippen molar-refractivity contribution in [3.63, 3.8) is 0 Å². The molecule has 0 aliphatic heterocycles. The first-order chi connectivity index (χ1) is 11.1. The van der Waals surface area contributed by atoms with Gasteiger partial charge in [0.05, 0.1) is 16.3 Å². The highest BCUT2D eigenvalue weighted by Crippen LogP contribution is 2.18. The third-order valence-corrected chi connectivity index (χ3v) is 3.58. The molecule has 3 rings (SSSR count). The minimum atomic E-state index is -0.426. The second-order valence-corrected chi connectivity index (χ2v) is 5.18. The zero-order chi connectivity index (χ0) is 16.2. The number of hydrogen-bond acceptors (Lipinski definition) is 4. The van der Waals surface area contributed by atoms with E-state index >= 15 is 0 Å². The van der Waals surface area contributed by atoms with Crippen molar-refractivity contribution >= 4 is 27.9 Å². The molecule has 0 radical (unpaired) electrons. The number of hydrazone groups is 1. The van der Waals surface area contributed by atoms with Crippen LogP contribution >= 0.6 is 0 Å². The molecule has 0 saturated heterocycles. The molecular weight excluding hydrogens is 290 g/mol. The van der Waals surface area contributed by atoms with Crippen molar-refractivity contribution in [2.75, 3.05) is 5.43 Å². The molecule has 1 N–H and O–H groups in total. The summed E-state index contributed by atoms with van der Waals surface area (Å²) in [7, 11) is 0. The number of non-ortho nitro benzene ring substituents is 1. The van der Waals surface area contributed by atoms with Gasteiger partial charge in [-0.2, -0.15) is 5.10 Å². The summed E-state index contributed by atoms with van der Waals surface area (Å²) in [4.78, 5) is 10.4. The maximum Gasteiger partial charge on any atom is 0.271 e. The summed E-state index contributed by atoms with van der Waals surface area (Å²) in [5, 5.41) is 17.4. The Balaban J connectivity index is 1.83. The topological polar surface area (TPSA) is 67.5 Å². The molecule has 0 atom stereocenters. The van der Waals surface area contributed by atoms with Gasteiger partial charge in [-0.25, -0.2) is 0 Å². The summed E-state index contributed by atoms with van der Waals surface area (Å²) in [5.74, 6) is 0. The van der Waals surface area contributed by atoms with Gasteiger partial charge in [0.2, 0.25) is 0 Å². The van der Waals surface area contributed by atoms with E-state index in [1.807, 2.05) is 25.1 Å². The van der Waals surface area contributed by atoms with Crippen LogP contribution in [0, 0.1) is 10.1 Å². The van der Waals surface area contributed by atoms with Gasteiger partial charge in [-0.3, -0.25) is 15.5 Å². The standard InChI is InChI=1S/C18H15N3O2/c1-13(15-10-9-14-5-2-3-6-16(14)11-15)19-20-17-7-4-8-18(12-17)21(22)23/h2-12,20H,1H3/b19-13-. The van der Waals surface area contributed by atoms with Crippen LogP contribution in [0.1, 0.15) is 12.5 Å². The highest BCUT2D eigenvalue weighted by Gasteiger charge is 2.05. The van der Waals surface area contributed by atoms with E-state index in [2.05, 4.69) is 34.8 Å². The van der Waals surface area contributed by atoms with E-state index in [1.165, 1.54) is 17.5 Å². The van der Waals surface area contributed by atoms with Crippen LogP contribution in [0.4, 0.5) is 11.4 Å². The van der Waals surface area contributed by atoms with Gasteiger partial charge in [0, 0.05) is 12.1 Å². The fourth-order valence-electron chi connectivity index (χ4n) is 2.32. The predicted molar refractivity (Wildman–Crippen MR) is 92.9 cm³/mol. The van der Waals surface area contributed by atoms with E-state index < -0.39 is 4.92 Å². The lowest BCUT2D eigenvalue weighted by atomic mass is 10.0. The van der Waals surface area contributed by atoms with Crippen molar-refractivity contribution in [2.24, 2.45) is 5.10 Å². The summed E-state index contributed by atoms with van der Waals surface area (Å²) in [6.07, 6.45) is 0. The van der Waals surface area contributed by atoms with Crippen molar-refractivity contribution in [1.82, 2.24) is 0 Å². The van der Waals surface area contributed by atoms with Gasteiger partial charge in [0.25, 0.3) is 5.69 Å². The lowest BCUT2D eigenvalue weighted by molar-refractivity contribution is -0.384. The van der Waals surface area contributed by atoms with Crippen molar-refractivity contribution < 1.29 is 4.92 Å². The van der Waals surface area contributed by atoms with Gasteiger partial charge < -0.3 is 0 Å². The summed E-state index contributed by atoms with van der Waals surface area (Å²) in [5.41, 5.74) is 5.30. The monoisotopic (exact) mass is 305 g/mol. The van der Waals surface area contributed by atoms with E-state index in [1.54, 1.807) is 12.1 Å². The zero-order valence-electron chi connectivity index (χ0n) is 12.6. The van der Waals surface area contributed by atoms with Gasteiger partial charge in [0.1, 0.15) is 0 Å². The highest BCUT2D eigenvalue weighted by molar-refractivity contribution is 6.02. The number of hydrogen-bond donors (Lipinski definition) is 1. The third kappa shape index (κ3) is 3.35. The number of anilines is 1. The maximum atomic E-state index is 10.8. The number of nitro benzene ring substituents is 1. The van der Waals surface area contributed by atoms with Gasteiger partial charge >= 0.3 is 0 Å². The van der Waals surface area contributed by atoms with E-state index in [0.717, 1.165) is 16.7 Å². The first-order valence-corrected chi connectivity index (χ1v) is 7.17. The Morgan fingerprint density at radius 2 is 1.78 bits per heavy atom. The van der Waals surface area contributed by atoms with Crippen molar-refractivity contribution in [3.05, 3.63) is 82.4 Å². The number of rotatable bonds is 4. The molecule has 0 aromatic heterocycles. The van der Waals surface area contributed by atoms with Crippen LogP contribution in [-0.2, 0) is 0 Å². The van der Waals surface area contributed by atoms with Crippen LogP contribution in [0.5, 0.6) is 0 Å². The quantitative estimate of drug-likeness (QED) is 0.435. The molecule has 3 aromatic rings. The molecule has 0 fully saturated rings. The lowest BCUT2D eigenvalue weighted by Gasteiger charge is -2.05. The van der Waals surface area contributed by atoms with Crippen LogP contribution in [0.15, 0.2) is 71.8 Å². The molecule has 0 spiro atoms. The molecule has 0 aliphatic rings. The average molecular weight is 305 g/mol. The Hall–Kier alpha value is -3.21. The number of benzene rings is 3. The van der Waals surface area contributed by atoms with E-state index in [4.69, 9.17) is 0 Å². The van der Waals surface area contributed by atoms with Crippen molar-refractivity contribution in [1.29, 1.82) is 0 Å². The van der Waals surface area contributed by atoms with Crippen LogP contribution in [0.25, 0.3) is 10.8 Å². The molecule has 0 heterocycles. The normalized spacial score (nSPS) is 11.4. The molecule has 114 valence electrons. The minimum absolute atomic E-state index is 0.0357. The second kappa shape index (κ2) is 6.27. The summed E-state index contributed by atoms with van der Waals surface area (Å²) < 4.78 is 0. The Labute approximate surface area is 133 Å². The third-order valence-electron chi connectivity index (χ3n) is 3.58. The molecule has 0 amide bonds. The Bertz CT molecular complexity index is 903. The molecule has 0 unspecified atom stereocenters. The molecule has 23 heavy (non-hydrogen) atoms. The molecule has 0 bridgehead atoms. The molecule has 0 saturated carbocycles.